The maximum Gasteiger partial charge on any atom is 0.138 e. The second kappa shape index (κ2) is 8.44. The zero-order valence-electron chi connectivity index (χ0n) is 14.0. The molecule has 0 amide bonds. The van der Waals surface area contributed by atoms with Gasteiger partial charge < -0.3 is 9.64 Å². The van der Waals surface area contributed by atoms with Crippen LogP contribution in [0.4, 0.5) is 5.69 Å². The van der Waals surface area contributed by atoms with Gasteiger partial charge in [0.05, 0.1) is 35.6 Å². The molecule has 2 heterocycles. The molecule has 0 saturated carbocycles. The summed E-state index contributed by atoms with van der Waals surface area (Å²) in [5.74, 6) is 7.07. The predicted octanol–water partition coefficient (Wildman–Crippen LogP) is 3.57. The van der Waals surface area contributed by atoms with Gasteiger partial charge in [0, 0.05) is 37.9 Å². The molecule has 0 spiro atoms. The molecule has 1 aliphatic heterocycles. The average Bonchev–Trinajstić information content (AvgIpc) is 2.65. The Kier molecular flexibility index (Phi) is 6.04. The van der Waals surface area contributed by atoms with Gasteiger partial charge in [-0.3, -0.25) is 9.88 Å². The highest BCUT2D eigenvalue weighted by molar-refractivity contribution is 6.43. The third-order valence-corrected chi connectivity index (χ3v) is 4.94. The number of anilines is 1. The lowest BCUT2D eigenvalue weighted by Crippen LogP contribution is -2.46. The summed E-state index contributed by atoms with van der Waals surface area (Å²) in [5, 5.41) is 1.22. The standard InChI is InChI=1S/C19H19Cl2N3O/c1-25-16-12-15(13-22-14-16)4-3-7-23-8-10-24(11-9-23)18-6-2-5-17(20)19(18)21/h2,5-6,12-14H,7-11H2,1H3. The van der Waals surface area contributed by atoms with E-state index in [2.05, 4.69) is 26.6 Å². The van der Waals surface area contributed by atoms with Crippen LogP contribution in [0, 0.1) is 11.8 Å². The van der Waals surface area contributed by atoms with E-state index in [1.165, 1.54) is 0 Å². The number of halogens is 2. The molecule has 2 aromatic rings. The first-order valence-corrected chi connectivity index (χ1v) is 8.82. The summed E-state index contributed by atoms with van der Waals surface area (Å²) in [4.78, 5) is 8.71. The molecule has 4 nitrogen and oxygen atoms in total. The molecule has 1 aromatic carbocycles. The molecule has 25 heavy (non-hydrogen) atoms. The van der Waals surface area contributed by atoms with E-state index >= 15 is 0 Å². The third kappa shape index (κ3) is 4.58. The number of benzene rings is 1. The average molecular weight is 376 g/mol. The highest BCUT2D eigenvalue weighted by Crippen LogP contribution is 2.32. The maximum atomic E-state index is 6.31. The number of pyridine rings is 1. The lowest BCUT2D eigenvalue weighted by Gasteiger charge is -2.35. The topological polar surface area (TPSA) is 28.6 Å². The summed E-state index contributed by atoms with van der Waals surface area (Å²) >= 11 is 12.4. The minimum Gasteiger partial charge on any atom is -0.495 e. The monoisotopic (exact) mass is 375 g/mol. The van der Waals surface area contributed by atoms with Crippen LogP contribution in [0.25, 0.3) is 0 Å². The molecule has 0 unspecified atom stereocenters. The number of hydrogen-bond acceptors (Lipinski definition) is 4. The van der Waals surface area contributed by atoms with Crippen LogP contribution in [0.3, 0.4) is 0 Å². The molecule has 1 aromatic heterocycles. The molecule has 0 atom stereocenters. The highest BCUT2D eigenvalue weighted by atomic mass is 35.5. The maximum absolute atomic E-state index is 6.31. The van der Waals surface area contributed by atoms with E-state index in [-0.39, 0.29) is 0 Å². The Hall–Kier alpha value is -1.93. The number of ether oxygens (including phenoxy) is 1. The smallest absolute Gasteiger partial charge is 0.138 e. The van der Waals surface area contributed by atoms with Crippen molar-refractivity contribution >= 4 is 28.9 Å². The van der Waals surface area contributed by atoms with Crippen molar-refractivity contribution in [2.75, 3.05) is 44.7 Å². The number of rotatable bonds is 3. The number of piperazine rings is 1. The van der Waals surface area contributed by atoms with Crippen molar-refractivity contribution in [3.8, 4) is 17.6 Å². The van der Waals surface area contributed by atoms with E-state index in [9.17, 15) is 0 Å². The number of nitrogens with zero attached hydrogens (tertiary/aromatic N) is 3. The van der Waals surface area contributed by atoms with Gasteiger partial charge in [0.15, 0.2) is 0 Å². The number of methoxy groups -OCH3 is 1. The summed E-state index contributed by atoms with van der Waals surface area (Å²) in [5.41, 5.74) is 1.87. The van der Waals surface area contributed by atoms with Crippen LogP contribution in [-0.4, -0.2) is 49.7 Å². The van der Waals surface area contributed by atoms with Crippen molar-refractivity contribution in [2.45, 2.75) is 0 Å². The highest BCUT2D eigenvalue weighted by Gasteiger charge is 2.19. The summed E-state index contributed by atoms with van der Waals surface area (Å²) in [6, 6.07) is 7.65. The van der Waals surface area contributed by atoms with Crippen molar-refractivity contribution in [2.24, 2.45) is 0 Å². The minimum atomic E-state index is 0.597. The molecule has 0 bridgehead atoms. The molecule has 0 radical (unpaired) electrons. The molecule has 3 rings (SSSR count). The molecule has 6 heteroatoms. The normalized spacial score (nSPS) is 14.8. The molecule has 1 saturated heterocycles. The fourth-order valence-corrected chi connectivity index (χ4v) is 3.15. The molecular formula is C19H19Cl2N3O. The van der Waals surface area contributed by atoms with Gasteiger partial charge in [0.25, 0.3) is 0 Å². The van der Waals surface area contributed by atoms with Gasteiger partial charge in [-0.15, -0.1) is 0 Å². The van der Waals surface area contributed by atoms with E-state index in [0.29, 0.717) is 10.0 Å². The van der Waals surface area contributed by atoms with Gasteiger partial charge in [-0.05, 0) is 18.2 Å². The lowest BCUT2D eigenvalue weighted by molar-refractivity contribution is 0.288. The van der Waals surface area contributed by atoms with Crippen LogP contribution in [-0.2, 0) is 0 Å². The van der Waals surface area contributed by atoms with Gasteiger partial charge in [-0.25, -0.2) is 0 Å². The van der Waals surface area contributed by atoms with Crippen molar-refractivity contribution in [1.29, 1.82) is 0 Å². The van der Waals surface area contributed by atoms with Crippen molar-refractivity contribution < 1.29 is 4.74 Å². The summed E-state index contributed by atoms with van der Waals surface area (Å²) in [6.07, 6.45) is 3.42. The molecule has 0 aliphatic carbocycles. The quantitative estimate of drug-likeness (QED) is 0.766. The predicted molar refractivity (Wildman–Crippen MR) is 103 cm³/mol. The van der Waals surface area contributed by atoms with E-state index in [4.69, 9.17) is 27.9 Å². The van der Waals surface area contributed by atoms with Gasteiger partial charge in [-0.2, -0.15) is 0 Å². The number of aromatic nitrogens is 1. The van der Waals surface area contributed by atoms with Crippen molar-refractivity contribution in [1.82, 2.24) is 9.88 Å². The van der Waals surface area contributed by atoms with Gasteiger partial charge in [-0.1, -0.05) is 41.1 Å². The van der Waals surface area contributed by atoms with Crippen molar-refractivity contribution in [3.05, 3.63) is 52.3 Å². The zero-order valence-corrected chi connectivity index (χ0v) is 15.5. The first-order chi connectivity index (χ1) is 12.2. The van der Waals surface area contributed by atoms with Crippen molar-refractivity contribution in [3.63, 3.8) is 0 Å². The fourth-order valence-electron chi connectivity index (χ4n) is 2.74. The first kappa shape index (κ1) is 17.9. The molecular weight excluding hydrogens is 357 g/mol. The van der Waals surface area contributed by atoms with Gasteiger partial charge in [0.1, 0.15) is 5.75 Å². The summed E-state index contributed by atoms with van der Waals surface area (Å²) in [7, 11) is 1.62. The van der Waals surface area contributed by atoms with Gasteiger partial charge >= 0.3 is 0 Å². The first-order valence-electron chi connectivity index (χ1n) is 8.06. The zero-order chi connectivity index (χ0) is 17.6. The van der Waals surface area contributed by atoms with E-state index in [1.807, 2.05) is 24.3 Å². The van der Waals surface area contributed by atoms with Gasteiger partial charge in [0.2, 0.25) is 0 Å². The van der Waals surface area contributed by atoms with Crippen LogP contribution in [0.1, 0.15) is 5.56 Å². The number of hydrogen-bond donors (Lipinski definition) is 0. The Morgan fingerprint density at radius 2 is 1.96 bits per heavy atom. The molecule has 1 fully saturated rings. The third-order valence-electron chi connectivity index (χ3n) is 4.13. The van der Waals surface area contributed by atoms with Crippen LogP contribution >= 0.6 is 23.2 Å². The molecule has 0 N–H and O–H groups in total. The van der Waals surface area contributed by atoms with E-state index < -0.39 is 0 Å². The Morgan fingerprint density at radius 3 is 2.72 bits per heavy atom. The second-order valence-electron chi connectivity index (χ2n) is 5.75. The largest absolute Gasteiger partial charge is 0.495 e. The lowest BCUT2D eigenvalue weighted by atomic mass is 10.2. The minimum absolute atomic E-state index is 0.597. The molecule has 130 valence electrons. The second-order valence-corrected chi connectivity index (χ2v) is 6.54. The van der Waals surface area contributed by atoms with Crippen LogP contribution in [0.5, 0.6) is 5.75 Å². The van der Waals surface area contributed by atoms with E-state index in [1.54, 1.807) is 19.5 Å². The van der Waals surface area contributed by atoms with Crippen LogP contribution in [0.2, 0.25) is 10.0 Å². The Balaban J connectivity index is 1.55. The van der Waals surface area contributed by atoms with E-state index in [0.717, 1.165) is 49.7 Å². The van der Waals surface area contributed by atoms with Crippen LogP contribution in [0.15, 0.2) is 36.7 Å². The Morgan fingerprint density at radius 1 is 1.16 bits per heavy atom. The SMILES string of the molecule is COc1cncc(C#CCN2CCN(c3cccc(Cl)c3Cl)CC2)c1. The Labute approximate surface area is 158 Å². The molecule has 1 aliphatic rings. The summed E-state index contributed by atoms with van der Waals surface area (Å²) < 4.78 is 5.16. The fraction of sp³-hybridized carbons (Fsp3) is 0.316. The Bertz CT molecular complexity index is 793. The summed E-state index contributed by atoms with van der Waals surface area (Å²) in [6.45, 7) is 4.42. The van der Waals surface area contributed by atoms with Crippen LogP contribution < -0.4 is 9.64 Å².